The average molecular weight is 349 g/mol. The molecule has 0 N–H and O–H groups in total. The molecule has 0 amide bonds. The van der Waals surface area contributed by atoms with Crippen molar-refractivity contribution in [2.45, 2.75) is 58.4 Å². The lowest BCUT2D eigenvalue weighted by molar-refractivity contribution is 0.134. The number of piperidine rings is 1. The highest BCUT2D eigenvalue weighted by Gasteiger charge is 2.27. The summed E-state index contributed by atoms with van der Waals surface area (Å²) in [7, 11) is 1.91. The Morgan fingerprint density at radius 1 is 1.29 bits per heavy atom. The van der Waals surface area contributed by atoms with E-state index in [-0.39, 0.29) is 11.5 Å². The number of aryl methyl sites for hydroxylation is 1. The minimum Gasteiger partial charge on any atom is -0.294 e. The third-order valence-corrected chi connectivity index (χ3v) is 5.88. The normalized spacial score (nSPS) is 18.9. The van der Waals surface area contributed by atoms with Crippen LogP contribution < -0.4 is 0 Å². The van der Waals surface area contributed by atoms with Gasteiger partial charge in [0.25, 0.3) is 0 Å². The number of likely N-dealkylation sites (tertiary alicyclic amines) is 1. The summed E-state index contributed by atoms with van der Waals surface area (Å²) in [5.41, 5.74) is 1.38. The highest BCUT2D eigenvalue weighted by molar-refractivity contribution is 7.09. The first-order valence-corrected chi connectivity index (χ1v) is 9.63. The first-order valence-electron chi connectivity index (χ1n) is 8.76. The van der Waals surface area contributed by atoms with Crippen LogP contribution in [0.2, 0.25) is 0 Å². The molecule has 7 heteroatoms. The second kappa shape index (κ2) is 6.88. The molecule has 6 nitrogen and oxygen atoms in total. The largest absolute Gasteiger partial charge is 0.294 e. The van der Waals surface area contributed by atoms with Gasteiger partial charge in [-0.25, -0.2) is 9.67 Å². The molecule has 0 saturated carbocycles. The van der Waals surface area contributed by atoms with E-state index in [0.717, 1.165) is 31.3 Å². The molecule has 1 aliphatic rings. The van der Waals surface area contributed by atoms with Crippen molar-refractivity contribution in [2.75, 3.05) is 13.1 Å². The van der Waals surface area contributed by atoms with Gasteiger partial charge in [0.1, 0.15) is 0 Å². The molecular weight excluding hydrogens is 320 g/mol. The summed E-state index contributed by atoms with van der Waals surface area (Å²) >= 11 is 1.82. The van der Waals surface area contributed by atoms with Crippen LogP contribution in [-0.4, -0.2) is 43.2 Å². The number of aromatic nitrogens is 5. The summed E-state index contributed by atoms with van der Waals surface area (Å²) in [6, 6.07) is 0.276. The van der Waals surface area contributed by atoms with Crippen molar-refractivity contribution in [3.63, 3.8) is 0 Å². The topological polar surface area (TPSA) is 59.7 Å². The minimum atomic E-state index is 0.150. The van der Waals surface area contributed by atoms with E-state index in [4.69, 9.17) is 4.98 Å². The van der Waals surface area contributed by atoms with Crippen molar-refractivity contribution in [3.05, 3.63) is 21.9 Å². The number of thiazole rings is 1. The van der Waals surface area contributed by atoms with Crippen molar-refractivity contribution in [1.82, 2.24) is 30.1 Å². The van der Waals surface area contributed by atoms with E-state index in [9.17, 15) is 0 Å². The molecule has 1 atom stereocenters. The predicted octanol–water partition coefficient (Wildman–Crippen LogP) is 2.98. The van der Waals surface area contributed by atoms with Crippen LogP contribution in [0.15, 0.2) is 5.38 Å². The standard InChI is InChI=1S/C17H28N6S/c1-12(16-19-20-21-22(16)5)23-8-6-13(7-9-23)10-15-18-14(11-24-15)17(2,3)4/h11-13H,6-10H2,1-5H3. The number of nitrogens with zero attached hydrogens (tertiary/aromatic N) is 6. The van der Waals surface area contributed by atoms with Crippen molar-refractivity contribution < 1.29 is 0 Å². The number of hydrogen-bond acceptors (Lipinski definition) is 6. The molecule has 0 spiro atoms. The van der Waals surface area contributed by atoms with E-state index in [1.54, 1.807) is 4.68 Å². The molecule has 1 saturated heterocycles. The van der Waals surface area contributed by atoms with Crippen molar-refractivity contribution in [2.24, 2.45) is 13.0 Å². The summed E-state index contributed by atoms with van der Waals surface area (Å²) in [5.74, 6) is 1.69. The van der Waals surface area contributed by atoms with Gasteiger partial charge in [0.2, 0.25) is 0 Å². The molecule has 1 unspecified atom stereocenters. The van der Waals surface area contributed by atoms with Gasteiger partial charge in [0, 0.05) is 24.3 Å². The first-order chi connectivity index (χ1) is 11.3. The number of rotatable bonds is 4. The van der Waals surface area contributed by atoms with E-state index in [0.29, 0.717) is 0 Å². The van der Waals surface area contributed by atoms with Gasteiger partial charge in [-0.3, -0.25) is 4.90 Å². The van der Waals surface area contributed by atoms with Crippen molar-refractivity contribution in [3.8, 4) is 0 Å². The summed E-state index contributed by atoms with van der Waals surface area (Å²) < 4.78 is 1.78. The van der Waals surface area contributed by atoms with Gasteiger partial charge in [-0.1, -0.05) is 20.8 Å². The van der Waals surface area contributed by atoms with Crippen LogP contribution in [0.5, 0.6) is 0 Å². The Bertz CT molecular complexity index is 663. The number of hydrogen-bond donors (Lipinski definition) is 0. The molecule has 3 heterocycles. The molecule has 24 heavy (non-hydrogen) atoms. The fourth-order valence-electron chi connectivity index (χ4n) is 3.29. The smallest absolute Gasteiger partial charge is 0.167 e. The molecule has 2 aromatic heterocycles. The van der Waals surface area contributed by atoms with Gasteiger partial charge in [-0.2, -0.15) is 0 Å². The van der Waals surface area contributed by atoms with Gasteiger partial charge in [-0.15, -0.1) is 16.4 Å². The van der Waals surface area contributed by atoms with Gasteiger partial charge >= 0.3 is 0 Å². The minimum absolute atomic E-state index is 0.150. The van der Waals surface area contributed by atoms with E-state index in [2.05, 4.69) is 53.5 Å². The van der Waals surface area contributed by atoms with E-state index >= 15 is 0 Å². The van der Waals surface area contributed by atoms with Gasteiger partial charge in [0.05, 0.1) is 16.7 Å². The Labute approximate surface area is 148 Å². The Kier molecular flexibility index (Phi) is 5.01. The zero-order valence-corrected chi connectivity index (χ0v) is 16.2. The Morgan fingerprint density at radius 2 is 2.00 bits per heavy atom. The molecule has 132 valence electrons. The summed E-state index contributed by atoms with van der Waals surface area (Å²) in [5, 5.41) is 15.4. The molecule has 0 radical (unpaired) electrons. The van der Waals surface area contributed by atoms with E-state index in [1.165, 1.54) is 23.5 Å². The predicted molar refractivity (Wildman–Crippen MR) is 96.0 cm³/mol. The molecular formula is C17H28N6S. The third kappa shape index (κ3) is 3.83. The fourth-order valence-corrected chi connectivity index (χ4v) is 4.43. The van der Waals surface area contributed by atoms with Gasteiger partial charge in [0.15, 0.2) is 5.82 Å². The van der Waals surface area contributed by atoms with Crippen LogP contribution in [-0.2, 0) is 18.9 Å². The summed E-state index contributed by atoms with van der Waals surface area (Å²) in [6.07, 6.45) is 3.56. The van der Waals surface area contributed by atoms with Crippen LogP contribution in [0.25, 0.3) is 0 Å². The number of tetrazole rings is 1. The van der Waals surface area contributed by atoms with Gasteiger partial charge in [-0.05, 0) is 49.2 Å². The van der Waals surface area contributed by atoms with Crippen LogP contribution in [0.4, 0.5) is 0 Å². The lowest BCUT2D eigenvalue weighted by Crippen LogP contribution is -2.37. The lowest BCUT2D eigenvalue weighted by Gasteiger charge is -2.35. The van der Waals surface area contributed by atoms with Crippen LogP contribution in [0, 0.1) is 5.92 Å². The molecule has 2 aromatic rings. The maximum absolute atomic E-state index is 4.86. The average Bonchev–Trinajstić information content (AvgIpc) is 3.16. The maximum atomic E-state index is 4.86. The van der Waals surface area contributed by atoms with Crippen LogP contribution in [0.1, 0.15) is 63.1 Å². The summed E-state index contributed by atoms with van der Waals surface area (Å²) in [6.45, 7) is 11.1. The second-order valence-electron chi connectivity index (χ2n) is 7.90. The van der Waals surface area contributed by atoms with E-state index < -0.39 is 0 Å². The summed E-state index contributed by atoms with van der Waals surface area (Å²) in [4.78, 5) is 7.35. The van der Waals surface area contributed by atoms with Crippen LogP contribution in [0.3, 0.4) is 0 Å². The molecule has 3 rings (SSSR count). The molecule has 1 aliphatic heterocycles. The molecule has 1 fully saturated rings. The van der Waals surface area contributed by atoms with Crippen molar-refractivity contribution in [1.29, 1.82) is 0 Å². The quantitative estimate of drug-likeness (QED) is 0.850. The highest BCUT2D eigenvalue weighted by Crippen LogP contribution is 2.30. The zero-order chi connectivity index (χ0) is 17.3. The second-order valence-corrected chi connectivity index (χ2v) is 8.84. The maximum Gasteiger partial charge on any atom is 0.167 e. The fraction of sp³-hybridized carbons (Fsp3) is 0.765. The third-order valence-electron chi connectivity index (χ3n) is 5.01. The Balaban J connectivity index is 1.54. The monoisotopic (exact) mass is 348 g/mol. The first kappa shape index (κ1) is 17.5. The SMILES string of the molecule is CC(c1nnnn1C)N1CCC(Cc2nc(C(C)(C)C)cs2)CC1. The van der Waals surface area contributed by atoms with Gasteiger partial charge < -0.3 is 0 Å². The van der Waals surface area contributed by atoms with E-state index in [1.807, 2.05) is 18.4 Å². The molecule has 0 bridgehead atoms. The Morgan fingerprint density at radius 3 is 2.54 bits per heavy atom. The highest BCUT2D eigenvalue weighted by atomic mass is 32.1. The lowest BCUT2D eigenvalue weighted by atomic mass is 9.92. The zero-order valence-electron chi connectivity index (χ0n) is 15.4. The van der Waals surface area contributed by atoms with Crippen molar-refractivity contribution >= 4 is 11.3 Å². The molecule has 0 aromatic carbocycles. The Hall–Kier alpha value is -1.34. The molecule has 0 aliphatic carbocycles. The van der Waals surface area contributed by atoms with Crippen LogP contribution >= 0.6 is 11.3 Å².